The molecule has 1 N–H and O–H groups in total. The number of Topliss-reactive ketones (excluding diaryl/α,β-unsaturated/α-hetero) is 1. The molecule has 0 atom stereocenters. The Balaban J connectivity index is 2.75. The first-order valence-corrected chi connectivity index (χ1v) is 6.24. The summed E-state index contributed by atoms with van der Waals surface area (Å²) in [6.07, 6.45) is 0. The Labute approximate surface area is 114 Å². The van der Waals surface area contributed by atoms with Crippen molar-refractivity contribution >= 4 is 11.7 Å². The Morgan fingerprint density at radius 3 is 2.42 bits per heavy atom. The zero-order chi connectivity index (χ0) is 14.6. The van der Waals surface area contributed by atoms with E-state index in [1.165, 1.54) is 6.92 Å². The fraction of sp³-hybridized carbons (Fsp3) is 0.467. The molecule has 0 radical (unpaired) electrons. The van der Waals surface area contributed by atoms with E-state index >= 15 is 0 Å². The Morgan fingerprint density at radius 2 is 1.89 bits per heavy atom. The average Bonchev–Trinajstić information content (AvgIpc) is 2.23. The lowest BCUT2D eigenvalue weighted by Gasteiger charge is -2.20. The zero-order valence-electron chi connectivity index (χ0n) is 12.2. The van der Waals surface area contributed by atoms with E-state index < -0.39 is 0 Å². The van der Waals surface area contributed by atoms with Crippen molar-refractivity contribution in [2.75, 3.05) is 6.61 Å². The average molecular weight is 263 g/mol. The van der Waals surface area contributed by atoms with Gasteiger partial charge in [-0.3, -0.25) is 9.59 Å². The first-order chi connectivity index (χ1) is 8.69. The predicted molar refractivity (Wildman–Crippen MR) is 74.6 cm³/mol. The van der Waals surface area contributed by atoms with Crippen LogP contribution < -0.4 is 10.1 Å². The van der Waals surface area contributed by atoms with Gasteiger partial charge in [-0.15, -0.1) is 0 Å². The molecule has 4 nitrogen and oxygen atoms in total. The number of benzene rings is 1. The van der Waals surface area contributed by atoms with Gasteiger partial charge in [-0.2, -0.15) is 0 Å². The van der Waals surface area contributed by atoms with Crippen molar-refractivity contribution in [1.29, 1.82) is 0 Å². The van der Waals surface area contributed by atoms with Crippen molar-refractivity contribution in [3.63, 3.8) is 0 Å². The molecule has 0 unspecified atom stereocenters. The molecule has 0 fully saturated rings. The molecule has 0 saturated carbocycles. The molecule has 0 aliphatic carbocycles. The van der Waals surface area contributed by atoms with Crippen LogP contribution in [-0.4, -0.2) is 23.8 Å². The molecule has 1 aromatic carbocycles. The van der Waals surface area contributed by atoms with Crippen LogP contribution in [0, 0.1) is 6.92 Å². The molecule has 0 saturated heterocycles. The highest BCUT2D eigenvalue weighted by Gasteiger charge is 2.15. The van der Waals surface area contributed by atoms with Gasteiger partial charge in [0.2, 0.25) is 0 Å². The van der Waals surface area contributed by atoms with Gasteiger partial charge in [0.25, 0.3) is 5.91 Å². The molecule has 1 aromatic rings. The Hall–Kier alpha value is -1.84. The molecule has 19 heavy (non-hydrogen) atoms. The normalized spacial score (nSPS) is 11.0. The molecule has 0 heterocycles. The highest BCUT2D eigenvalue weighted by Crippen LogP contribution is 2.20. The number of hydrogen-bond acceptors (Lipinski definition) is 3. The zero-order valence-corrected chi connectivity index (χ0v) is 12.2. The maximum absolute atomic E-state index is 11.7. The number of rotatable bonds is 4. The standard InChI is InChI=1S/C15H21NO3/c1-10-6-7-12(11(2)17)13(8-10)19-9-14(18)16-15(3,4)5/h6-8H,9H2,1-5H3,(H,16,18). The summed E-state index contributed by atoms with van der Waals surface area (Å²) in [6.45, 7) is 9.00. The van der Waals surface area contributed by atoms with E-state index in [4.69, 9.17) is 4.74 Å². The van der Waals surface area contributed by atoms with Crippen LogP contribution >= 0.6 is 0 Å². The number of carbonyl (C=O) groups is 2. The van der Waals surface area contributed by atoms with Crippen molar-refractivity contribution in [1.82, 2.24) is 5.32 Å². The molecule has 0 spiro atoms. The van der Waals surface area contributed by atoms with Crippen molar-refractivity contribution in [3.05, 3.63) is 29.3 Å². The number of ether oxygens (including phenoxy) is 1. The number of amides is 1. The van der Waals surface area contributed by atoms with Gasteiger partial charge in [0.1, 0.15) is 5.75 Å². The molecule has 0 aromatic heterocycles. The highest BCUT2D eigenvalue weighted by atomic mass is 16.5. The number of hydrogen-bond donors (Lipinski definition) is 1. The minimum atomic E-state index is -0.295. The van der Waals surface area contributed by atoms with Crippen molar-refractivity contribution in [2.24, 2.45) is 0 Å². The number of aryl methyl sites for hydroxylation is 1. The molecular weight excluding hydrogens is 242 g/mol. The molecule has 1 amide bonds. The first kappa shape index (κ1) is 15.2. The van der Waals surface area contributed by atoms with E-state index in [2.05, 4.69) is 5.32 Å². The molecule has 4 heteroatoms. The Morgan fingerprint density at radius 1 is 1.26 bits per heavy atom. The number of ketones is 1. The van der Waals surface area contributed by atoms with Gasteiger partial charge in [0.15, 0.2) is 12.4 Å². The van der Waals surface area contributed by atoms with Gasteiger partial charge in [0.05, 0.1) is 5.56 Å². The summed E-state index contributed by atoms with van der Waals surface area (Å²) in [5.41, 5.74) is 1.18. The second-order valence-electron chi connectivity index (χ2n) is 5.64. The third kappa shape index (κ3) is 5.12. The quantitative estimate of drug-likeness (QED) is 0.849. The summed E-state index contributed by atoms with van der Waals surface area (Å²) in [7, 11) is 0. The minimum absolute atomic E-state index is 0.0776. The van der Waals surface area contributed by atoms with Crippen LogP contribution in [0.1, 0.15) is 43.6 Å². The van der Waals surface area contributed by atoms with Crippen molar-refractivity contribution in [2.45, 2.75) is 40.2 Å². The lowest BCUT2D eigenvalue weighted by Crippen LogP contribution is -2.43. The van der Waals surface area contributed by atoms with E-state index in [1.807, 2.05) is 33.8 Å². The van der Waals surface area contributed by atoms with Gasteiger partial charge < -0.3 is 10.1 Å². The monoisotopic (exact) mass is 263 g/mol. The van der Waals surface area contributed by atoms with Crippen LogP contribution in [0.4, 0.5) is 0 Å². The second-order valence-corrected chi connectivity index (χ2v) is 5.64. The molecule has 104 valence electrons. The maximum Gasteiger partial charge on any atom is 0.258 e. The van der Waals surface area contributed by atoms with Gasteiger partial charge >= 0.3 is 0 Å². The Kier molecular flexibility index (Phi) is 4.70. The third-order valence-electron chi connectivity index (χ3n) is 2.39. The molecule has 0 aliphatic heterocycles. The fourth-order valence-electron chi connectivity index (χ4n) is 1.64. The SMILES string of the molecule is CC(=O)c1ccc(C)cc1OCC(=O)NC(C)(C)C. The largest absolute Gasteiger partial charge is 0.483 e. The fourth-order valence-corrected chi connectivity index (χ4v) is 1.64. The highest BCUT2D eigenvalue weighted by molar-refractivity contribution is 5.97. The van der Waals surface area contributed by atoms with Crippen LogP contribution in [0.2, 0.25) is 0 Å². The minimum Gasteiger partial charge on any atom is -0.483 e. The first-order valence-electron chi connectivity index (χ1n) is 6.24. The van der Waals surface area contributed by atoms with Gasteiger partial charge in [-0.25, -0.2) is 0 Å². The van der Waals surface area contributed by atoms with Crippen LogP contribution in [0.3, 0.4) is 0 Å². The second kappa shape index (κ2) is 5.87. The van der Waals surface area contributed by atoms with Crippen LogP contribution in [0.15, 0.2) is 18.2 Å². The van der Waals surface area contributed by atoms with E-state index in [0.717, 1.165) is 5.56 Å². The molecular formula is C15H21NO3. The summed E-state index contributed by atoms with van der Waals surface area (Å²) in [6, 6.07) is 5.33. The van der Waals surface area contributed by atoms with Crippen LogP contribution in [0.25, 0.3) is 0 Å². The van der Waals surface area contributed by atoms with E-state index in [9.17, 15) is 9.59 Å². The maximum atomic E-state index is 11.7. The van der Waals surface area contributed by atoms with E-state index in [0.29, 0.717) is 11.3 Å². The lowest BCUT2D eigenvalue weighted by atomic mass is 10.1. The van der Waals surface area contributed by atoms with Crippen molar-refractivity contribution < 1.29 is 14.3 Å². The summed E-state index contributed by atoms with van der Waals surface area (Å²) in [4.78, 5) is 23.1. The third-order valence-corrected chi connectivity index (χ3v) is 2.39. The van der Waals surface area contributed by atoms with Crippen molar-refractivity contribution in [3.8, 4) is 5.75 Å². The summed E-state index contributed by atoms with van der Waals surface area (Å²) >= 11 is 0. The van der Waals surface area contributed by atoms with Crippen LogP contribution in [-0.2, 0) is 4.79 Å². The van der Waals surface area contributed by atoms with Gasteiger partial charge in [-0.1, -0.05) is 6.07 Å². The topological polar surface area (TPSA) is 55.4 Å². The van der Waals surface area contributed by atoms with Gasteiger partial charge in [-0.05, 0) is 52.3 Å². The van der Waals surface area contributed by atoms with Gasteiger partial charge in [0, 0.05) is 5.54 Å². The molecule has 0 aliphatic rings. The summed E-state index contributed by atoms with van der Waals surface area (Å²) < 4.78 is 5.45. The number of carbonyl (C=O) groups excluding carboxylic acids is 2. The van der Waals surface area contributed by atoms with Crippen LogP contribution in [0.5, 0.6) is 5.75 Å². The summed E-state index contributed by atoms with van der Waals surface area (Å²) in [5.74, 6) is 0.172. The smallest absolute Gasteiger partial charge is 0.258 e. The lowest BCUT2D eigenvalue weighted by molar-refractivity contribution is -0.124. The Bertz CT molecular complexity index is 487. The van der Waals surface area contributed by atoms with E-state index in [-0.39, 0.29) is 23.8 Å². The van der Waals surface area contributed by atoms with E-state index in [1.54, 1.807) is 12.1 Å². The molecule has 1 rings (SSSR count). The summed E-state index contributed by atoms with van der Waals surface area (Å²) in [5, 5.41) is 2.80. The predicted octanol–water partition coefficient (Wildman–Crippen LogP) is 2.49. The molecule has 0 bridgehead atoms. The number of nitrogens with one attached hydrogen (secondary N) is 1.